The molecule has 0 aliphatic carbocycles. The first-order valence-electron chi connectivity index (χ1n) is 4.43. The van der Waals surface area contributed by atoms with Crippen LogP contribution in [-0.2, 0) is 6.54 Å². The molecule has 2 rings (SSSR count). The minimum Gasteiger partial charge on any atom is -0.392 e. The van der Waals surface area contributed by atoms with Gasteiger partial charge in [-0.05, 0) is 24.4 Å². The van der Waals surface area contributed by atoms with E-state index in [9.17, 15) is 9.90 Å². The van der Waals surface area contributed by atoms with Gasteiger partial charge in [-0.2, -0.15) is 0 Å². The van der Waals surface area contributed by atoms with Crippen LogP contribution >= 0.6 is 11.3 Å². The van der Waals surface area contributed by atoms with Crippen LogP contribution in [0.15, 0.2) is 28.5 Å². The summed E-state index contributed by atoms with van der Waals surface area (Å²) in [6.07, 6.45) is 1.23. The summed E-state index contributed by atoms with van der Waals surface area (Å²) in [4.78, 5) is 11.8. The van der Waals surface area contributed by atoms with Crippen molar-refractivity contribution in [3.05, 3.63) is 34.1 Å². The molecule has 0 aliphatic heterocycles. The lowest BCUT2D eigenvalue weighted by molar-refractivity contribution is 0.172. The number of aliphatic hydroxyl groups excluding tert-OH is 1. The second-order valence-corrected chi connectivity index (χ2v) is 4.27. The number of aromatic nitrogens is 1. The average molecular weight is 209 g/mol. The fourth-order valence-corrected chi connectivity index (χ4v) is 2.21. The van der Waals surface area contributed by atoms with Crippen molar-refractivity contribution in [1.82, 2.24) is 4.57 Å². The maximum absolute atomic E-state index is 11.8. The first-order chi connectivity index (χ1) is 6.68. The van der Waals surface area contributed by atoms with Crippen LogP contribution < -0.4 is 5.56 Å². The SMILES string of the molecule is CC(O)Cn1ccc2sccc2c1=O. The van der Waals surface area contributed by atoms with Gasteiger partial charge in [0.15, 0.2) is 0 Å². The summed E-state index contributed by atoms with van der Waals surface area (Å²) in [5, 5.41) is 11.8. The number of hydrogen-bond acceptors (Lipinski definition) is 3. The molecule has 2 aromatic rings. The Balaban J connectivity index is 2.57. The molecule has 0 saturated heterocycles. The number of hydrogen-bond donors (Lipinski definition) is 1. The maximum Gasteiger partial charge on any atom is 0.259 e. The molecule has 0 spiro atoms. The van der Waals surface area contributed by atoms with Gasteiger partial charge in [-0.3, -0.25) is 4.79 Å². The van der Waals surface area contributed by atoms with Gasteiger partial charge in [0.1, 0.15) is 0 Å². The second-order valence-electron chi connectivity index (χ2n) is 3.32. The molecular formula is C10H11NO2S. The standard InChI is InChI=1S/C10H11NO2S/c1-7(12)6-11-4-2-9-8(10(11)13)3-5-14-9/h2-5,7,12H,6H2,1H3. The van der Waals surface area contributed by atoms with Gasteiger partial charge in [0.05, 0.1) is 18.0 Å². The number of rotatable bonds is 2. The number of nitrogens with zero attached hydrogens (tertiary/aromatic N) is 1. The third-order valence-corrected chi connectivity index (χ3v) is 2.94. The minimum absolute atomic E-state index is 0.0235. The topological polar surface area (TPSA) is 42.2 Å². The molecule has 0 amide bonds. The van der Waals surface area contributed by atoms with E-state index in [1.807, 2.05) is 17.5 Å². The van der Waals surface area contributed by atoms with Crippen LogP contribution in [0.25, 0.3) is 10.1 Å². The van der Waals surface area contributed by atoms with Crippen molar-refractivity contribution in [2.45, 2.75) is 19.6 Å². The van der Waals surface area contributed by atoms with Crippen molar-refractivity contribution in [3.63, 3.8) is 0 Å². The third-order valence-electron chi connectivity index (χ3n) is 2.05. The quantitative estimate of drug-likeness (QED) is 0.813. The molecule has 4 heteroatoms. The van der Waals surface area contributed by atoms with Crippen LogP contribution in [0, 0.1) is 0 Å². The Morgan fingerprint density at radius 1 is 1.57 bits per heavy atom. The molecule has 0 saturated carbocycles. The smallest absolute Gasteiger partial charge is 0.259 e. The molecule has 0 bridgehead atoms. The Labute approximate surface area is 85.2 Å². The minimum atomic E-state index is -0.496. The van der Waals surface area contributed by atoms with Crippen LogP contribution in [0.4, 0.5) is 0 Å². The molecule has 2 aromatic heterocycles. The van der Waals surface area contributed by atoms with Gasteiger partial charge in [0.2, 0.25) is 0 Å². The largest absolute Gasteiger partial charge is 0.392 e. The van der Waals surface area contributed by atoms with E-state index >= 15 is 0 Å². The molecule has 1 unspecified atom stereocenters. The van der Waals surface area contributed by atoms with Crippen molar-refractivity contribution in [2.24, 2.45) is 0 Å². The van der Waals surface area contributed by atoms with E-state index in [1.54, 1.807) is 29.0 Å². The van der Waals surface area contributed by atoms with Crippen LogP contribution in [0.5, 0.6) is 0 Å². The predicted octanol–water partition coefficient (Wildman–Crippen LogP) is 1.44. The molecule has 3 nitrogen and oxygen atoms in total. The van der Waals surface area contributed by atoms with Crippen molar-refractivity contribution in [2.75, 3.05) is 0 Å². The molecule has 14 heavy (non-hydrogen) atoms. The Hall–Kier alpha value is -1.13. The van der Waals surface area contributed by atoms with Gasteiger partial charge < -0.3 is 9.67 Å². The fourth-order valence-electron chi connectivity index (χ4n) is 1.44. The number of thiophene rings is 1. The maximum atomic E-state index is 11.8. The molecule has 74 valence electrons. The zero-order chi connectivity index (χ0) is 10.1. The Morgan fingerprint density at radius 2 is 2.36 bits per heavy atom. The third kappa shape index (κ3) is 1.58. The van der Waals surface area contributed by atoms with Crippen LogP contribution in [0.1, 0.15) is 6.92 Å². The molecule has 2 heterocycles. The summed E-state index contributed by atoms with van der Waals surface area (Å²) < 4.78 is 2.54. The predicted molar refractivity (Wildman–Crippen MR) is 57.8 cm³/mol. The van der Waals surface area contributed by atoms with E-state index in [2.05, 4.69) is 0 Å². The summed E-state index contributed by atoms with van der Waals surface area (Å²) >= 11 is 1.55. The highest BCUT2D eigenvalue weighted by molar-refractivity contribution is 7.17. The summed E-state index contributed by atoms with van der Waals surface area (Å²) in [6, 6.07) is 3.73. The lowest BCUT2D eigenvalue weighted by Gasteiger charge is -2.07. The van der Waals surface area contributed by atoms with E-state index in [0.29, 0.717) is 6.54 Å². The summed E-state index contributed by atoms with van der Waals surface area (Å²) in [5.74, 6) is 0. The molecule has 0 aliphatic rings. The summed E-state index contributed by atoms with van der Waals surface area (Å²) in [7, 11) is 0. The van der Waals surface area contributed by atoms with Crippen molar-refractivity contribution in [1.29, 1.82) is 0 Å². The number of aliphatic hydroxyl groups is 1. The molecule has 0 radical (unpaired) electrons. The van der Waals surface area contributed by atoms with Crippen molar-refractivity contribution < 1.29 is 5.11 Å². The van der Waals surface area contributed by atoms with Crippen LogP contribution in [0.3, 0.4) is 0 Å². The zero-order valence-electron chi connectivity index (χ0n) is 7.80. The molecular weight excluding hydrogens is 198 g/mol. The first-order valence-corrected chi connectivity index (χ1v) is 5.31. The first kappa shape index (κ1) is 9.43. The Kier molecular flexibility index (Phi) is 2.39. The molecule has 1 atom stereocenters. The average Bonchev–Trinajstić information content (AvgIpc) is 2.57. The zero-order valence-corrected chi connectivity index (χ0v) is 8.62. The van der Waals surface area contributed by atoms with E-state index in [1.165, 1.54) is 0 Å². The van der Waals surface area contributed by atoms with Gasteiger partial charge in [-0.25, -0.2) is 0 Å². The monoisotopic (exact) mass is 209 g/mol. The van der Waals surface area contributed by atoms with Crippen molar-refractivity contribution in [3.8, 4) is 0 Å². The van der Waals surface area contributed by atoms with Crippen LogP contribution in [0.2, 0.25) is 0 Å². The lowest BCUT2D eigenvalue weighted by atomic mass is 10.3. The Bertz CT molecular complexity index is 498. The summed E-state index contributed by atoms with van der Waals surface area (Å²) in [6.45, 7) is 2.02. The van der Waals surface area contributed by atoms with E-state index < -0.39 is 6.10 Å². The highest BCUT2D eigenvalue weighted by Gasteiger charge is 2.04. The lowest BCUT2D eigenvalue weighted by Crippen LogP contribution is -2.24. The second kappa shape index (κ2) is 3.55. The van der Waals surface area contributed by atoms with Gasteiger partial charge in [-0.1, -0.05) is 0 Å². The highest BCUT2D eigenvalue weighted by Crippen LogP contribution is 2.16. The number of pyridine rings is 1. The van der Waals surface area contributed by atoms with Crippen molar-refractivity contribution >= 4 is 21.4 Å². The normalized spacial score (nSPS) is 13.3. The summed E-state index contributed by atoms with van der Waals surface area (Å²) in [5.41, 5.74) is -0.0235. The van der Waals surface area contributed by atoms with Gasteiger partial charge >= 0.3 is 0 Å². The molecule has 1 N–H and O–H groups in total. The Morgan fingerprint density at radius 3 is 3.07 bits per heavy atom. The molecule has 0 fully saturated rings. The van der Waals surface area contributed by atoms with Gasteiger partial charge in [-0.15, -0.1) is 11.3 Å². The van der Waals surface area contributed by atoms with E-state index in [-0.39, 0.29) is 5.56 Å². The van der Waals surface area contributed by atoms with Gasteiger partial charge in [0, 0.05) is 10.9 Å². The highest BCUT2D eigenvalue weighted by atomic mass is 32.1. The van der Waals surface area contributed by atoms with Gasteiger partial charge in [0.25, 0.3) is 5.56 Å². The molecule has 0 aromatic carbocycles. The van der Waals surface area contributed by atoms with E-state index in [4.69, 9.17) is 0 Å². The fraction of sp³-hybridized carbons (Fsp3) is 0.300. The van der Waals surface area contributed by atoms with Crippen LogP contribution in [-0.4, -0.2) is 15.8 Å². The van der Waals surface area contributed by atoms with E-state index in [0.717, 1.165) is 10.1 Å². The number of fused-ring (bicyclic) bond motifs is 1.